The second-order valence-corrected chi connectivity index (χ2v) is 11.6. The Bertz CT molecular complexity index is 1670. The van der Waals surface area contributed by atoms with Crippen LogP contribution in [0.15, 0.2) is 133 Å². The van der Waals surface area contributed by atoms with Crippen LogP contribution in [0, 0.1) is 0 Å². The summed E-state index contributed by atoms with van der Waals surface area (Å²) >= 11 is 0. The number of amidine groups is 1. The fourth-order valence-electron chi connectivity index (χ4n) is 4.77. The first-order valence-corrected chi connectivity index (χ1v) is 15.5. The first-order chi connectivity index (χ1) is 21.6. The molecule has 4 aromatic carbocycles. The van der Waals surface area contributed by atoms with Gasteiger partial charge in [0.1, 0.15) is 23.1 Å². The van der Waals surface area contributed by atoms with Crippen molar-refractivity contribution in [1.82, 2.24) is 4.90 Å². The van der Waals surface area contributed by atoms with Crippen molar-refractivity contribution in [1.29, 1.82) is 0 Å². The third kappa shape index (κ3) is 8.65. The quantitative estimate of drug-likeness (QED) is 0.132. The second-order valence-electron chi connectivity index (χ2n) is 10.1. The fraction of sp³-hybridized carbons (Fsp3) is 0.147. The lowest BCUT2D eigenvalue weighted by Crippen LogP contribution is -2.41. The van der Waals surface area contributed by atoms with E-state index >= 15 is 0 Å². The fourth-order valence-corrected chi connectivity index (χ4v) is 6.14. The Kier molecular flexibility index (Phi) is 9.76. The molecule has 0 amide bonds. The lowest BCUT2D eigenvalue weighted by molar-refractivity contribution is -0.274. The number of hydrogen-bond acceptors (Lipinski definition) is 5. The molecule has 11 heteroatoms. The number of para-hydroxylation sites is 2. The maximum atomic E-state index is 14.5. The van der Waals surface area contributed by atoms with Gasteiger partial charge >= 0.3 is 14.1 Å². The summed E-state index contributed by atoms with van der Waals surface area (Å²) in [5.41, 5.74) is 2.90. The van der Waals surface area contributed by atoms with E-state index < -0.39 is 20.2 Å². The first kappa shape index (κ1) is 31.6. The topological polar surface area (TPSA) is 80.6 Å². The Morgan fingerprint density at radius 1 is 0.867 bits per heavy atom. The molecule has 1 aliphatic heterocycles. The number of aliphatic hydroxyl groups excluding tert-OH is 1. The van der Waals surface area contributed by atoms with Gasteiger partial charge in [-0.1, -0.05) is 84.9 Å². The average molecular weight is 635 g/mol. The van der Waals surface area contributed by atoms with E-state index in [-0.39, 0.29) is 36.8 Å². The number of nitrogens with zero attached hydrogens (tertiary/aromatic N) is 2. The standard InChI is InChI=1S/C34H30F3N2O5P/c1-2-29-21-28(27-18-16-25(24-40)17-19-27)22-33(39(29)23-26-10-9-15-32(20-26)42-34(35,36)37)38-45(41,43-30-11-5-3-6-12-30)44-31-13-7-4-8-14-31/h2-21,29,40H,1,22-24H2/b38-33-. The number of hydrogen-bond donors (Lipinski definition) is 1. The predicted octanol–water partition coefficient (Wildman–Crippen LogP) is 8.59. The molecule has 1 unspecified atom stereocenters. The zero-order valence-corrected chi connectivity index (χ0v) is 24.9. The molecular formula is C34H30F3N2O5P. The zero-order valence-electron chi connectivity index (χ0n) is 24.0. The van der Waals surface area contributed by atoms with Gasteiger partial charge in [-0.15, -0.1) is 24.5 Å². The van der Waals surface area contributed by atoms with Gasteiger partial charge in [-0.05, 0) is 58.7 Å². The number of alkyl halides is 3. The molecule has 1 N–H and O–H groups in total. The van der Waals surface area contributed by atoms with Crippen LogP contribution >= 0.6 is 7.75 Å². The minimum Gasteiger partial charge on any atom is -0.406 e. The highest BCUT2D eigenvalue weighted by molar-refractivity contribution is 7.53. The molecule has 5 rings (SSSR count). The Morgan fingerprint density at radius 2 is 1.47 bits per heavy atom. The van der Waals surface area contributed by atoms with Gasteiger partial charge in [-0.2, -0.15) is 0 Å². The SMILES string of the molecule is C=CC1C=C(c2ccc(CO)cc2)C/C(=N/P(=O)(Oc2ccccc2)Oc2ccccc2)N1Cc1cccc(OC(F)(F)F)c1. The van der Waals surface area contributed by atoms with Crippen molar-refractivity contribution in [2.45, 2.75) is 32.0 Å². The smallest absolute Gasteiger partial charge is 0.406 e. The van der Waals surface area contributed by atoms with Gasteiger partial charge in [0.15, 0.2) is 0 Å². The van der Waals surface area contributed by atoms with Crippen LogP contribution in [0.25, 0.3) is 5.57 Å². The van der Waals surface area contributed by atoms with E-state index in [9.17, 15) is 22.8 Å². The van der Waals surface area contributed by atoms with E-state index in [2.05, 4.69) is 16.1 Å². The Balaban J connectivity index is 1.59. The van der Waals surface area contributed by atoms with Gasteiger partial charge in [0.05, 0.1) is 12.6 Å². The highest BCUT2D eigenvalue weighted by Crippen LogP contribution is 2.51. The molecule has 0 radical (unpaired) electrons. The van der Waals surface area contributed by atoms with E-state index in [4.69, 9.17) is 9.05 Å². The average Bonchev–Trinajstić information content (AvgIpc) is 3.02. The Morgan fingerprint density at radius 3 is 2.02 bits per heavy atom. The van der Waals surface area contributed by atoms with Crippen molar-refractivity contribution in [2.75, 3.05) is 0 Å². The molecule has 7 nitrogen and oxygen atoms in total. The van der Waals surface area contributed by atoms with Crippen LogP contribution in [0.1, 0.15) is 23.1 Å². The van der Waals surface area contributed by atoms with Crippen molar-refractivity contribution < 1.29 is 36.6 Å². The van der Waals surface area contributed by atoms with Gasteiger partial charge in [0.25, 0.3) is 0 Å². The summed E-state index contributed by atoms with van der Waals surface area (Å²) in [6.45, 7) is 3.95. The third-order valence-electron chi connectivity index (χ3n) is 6.81. The Labute approximate surface area is 259 Å². The maximum Gasteiger partial charge on any atom is 0.573 e. The normalized spacial score (nSPS) is 16.2. The summed E-state index contributed by atoms with van der Waals surface area (Å²) in [7, 11) is -4.30. The Hall–Kier alpha value is -4.79. The van der Waals surface area contributed by atoms with Crippen molar-refractivity contribution in [3.05, 3.63) is 145 Å². The molecule has 0 bridgehead atoms. The van der Waals surface area contributed by atoms with Gasteiger partial charge < -0.3 is 23.8 Å². The lowest BCUT2D eigenvalue weighted by Gasteiger charge is -2.36. The van der Waals surface area contributed by atoms with Crippen molar-refractivity contribution in [3.8, 4) is 17.2 Å². The molecule has 1 atom stereocenters. The van der Waals surface area contributed by atoms with E-state index in [1.807, 2.05) is 18.2 Å². The van der Waals surface area contributed by atoms with E-state index in [1.54, 1.807) is 89.8 Å². The molecule has 0 aliphatic carbocycles. The minimum atomic E-state index is -4.85. The number of benzene rings is 4. The molecular weight excluding hydrogens is 604 g/mol. The lowest BCUT2D eigenvalue weighted by atomic mass is 9.94. The molecule has 0 saturated heterocycles. The van der Waals surface area contributed by atoms with E-state index in [0.29, 0.717) is 11.4 Å². The van der Waals surface area contributed by atoms with Crippen LogP contribution in [0.3, 0.4) is 0 Å². The second kappa shape index (κ2) is 13.9. The van der Waals surface area contributed by atoms with Crippen LogP contribution in [0.4, 0.5) is 13.2 Å². The molecule has 232 valence electrons. The zero-order chi connectivity index (χ0) is 31.9. The van der Waals surface area contributed by atoms with Gasteiger partial charge in [0.2, 0.25) is 0 Å². The summed E-state index contributed by atoms with van der Waals surface area (Å²) < 4.78 is 74.0. The number of aliphatic hydroxyl groups is 1. The van der Waals surface area contributed by atoms with Crippen LogP contribution in [-0.4, -0.2) is 28.2 Å². The van der Waals surface area contributed by atoms with Crippen LogP contribution in [-0.2, 0) is 17.7 Å². The summed E-state index contributed by atoms with van der Waals surface area (Å²) in [4.78, 5) is 1.78. The van der Waals surface area contributed by atoms with Crippen molar-refractivity contribution >= 4 is 19.2 Å². The van der Waals surface area contributed by atoms with Crippen LogP contribution in [0.2, 0.25) is 0 Å². The highest BCUT2D eigenvalue weighted by Gasteiger charge is 2.35. The molecule has 4 aromatic rings. The molecule has 0 fully saturated rings. The number of ether oxygens (including phenoxy) is 1. The van der Waals surface area contributed by atoms with Crippen molar-refractivity contribution in [2.24, 2.45) is 4.76 Å². The van der Waals surface area contributed by atoms with Gasteiger partial charge in [0, 0.05) is 13.0 Å². The van der Waals surface area contributed by atoms with Gasteiger partial charge in [-0.25, -0.2) is 4.57 Å². The molecule has 0 saturated carbocycles. The highest BCUT2D eigenvalue weighted by atomic mass is 31.2. The molecule has 1 heterocycles. The number of halogens is 3. The van der Waals surface area contributed by atoms with Crippen molar-refractivity contribution in [3.63, 3.8) is 0 Å². The van der Waals surface area contributed by atoms with E-state index in [0.717, 1.165) is 16.7 Å². The maximum absolute atomic E-state index is 14.5. The monoisotopic (exact) mass is 634 g/mol. The summed E-state index contributed by atoms with van der Waals surface area (Å²) in [6, 6.07) is 29.5. The largest absolute Gasteiger partial charge is 0.573 e. The third-order valence-corrected chi connectivity index (χ3v) is 8.17. The molecule has 45 heavy (non-hydrogen) atoms. The van der Waals surface area contributed by atoms with Crippen LogP contribution < -0.4 is 13.8 Å². The summed E-state index contributed by atoms with van der Waals surface area (Å²) in [5, 5.41) is 9.50. The van der Waals surface area contributed by atoms with E-state index in [1.165, 1.54) is 18.2 Å². The molecule has 1 aliphatic rings. The molecule has 0 spiro atoms. The molecule has 0 aromatic heterocycles. The predicted molar refractivity (Wildman–Crippen MR) is 167 cm³/mol. The first-order valence-electron chi connectivity index (χ1n) is 14.0. The number of rotatable bonds is 11. The van der Waals surface area contributed by atoms with Gasteiger partial charge in [-0.3, -0.25) is 0 Å². The summed E-state index contributed by atoms with van der Waals surface area (Å²) in [5.74, 6) is 0.490. The summed E-state index contributed by atoms with van der Waals surface area (Å²) in [6.07, 6.45) is -1.05. The van der Waals surface area contributed by atoms with Crippen LogP contribution in [0.5, 0.6) is 17.2 Å². The minimum absolute atomic E-state index is 0.0779.